The number of hydrogen-bond donors (Lipinski definition) is 1. The fraction of sp³-hybridized carbons (Fsp3) is 1.00. The highest BCUT2D eigenvalue weighted by molar-refractivity contribution is 4.72. The molecule has 86 valence electrons. The average Bonchev–Trinajstić information content (AvgIpc) is 2.02. The van der Waals surface area contributed by atoms with Gasteiger partial charge in [-0.2, -0.15) is 0 Å². The normalized spacial score (nSPS) is 18.2. The minimum absolute atomic E-state index is 0.398. The molecule has 0 heterocycles. The van der Waals surface area contributed by atoms with E-state index in [9.17, 15) is 0 Å². The summed E-state index contributed by atoms with van der Waals surface area (Å²) in [6.45, 7) is 11.4. The summed E-state index contributed by atoms with van der Waals surface area (Å²) >= 11 is 0. The molecule has 1 heteroatoms. The first kappa shape index (κ1) is 14.0. The Bertz CT molecular complexity index is 131. The van der Waals surface area contributed by atoms with Gasteiger partial charge >= 0.3 is 0 Å². The van der Waals surface area contributed by atoms with Gasteiger partial charge in [-0.25, -0.2) is 0 Å². The Labute approximate surface area is 90.5 Å². The topological polar surface area (TPSA) is 26.0 Å². The molecule has 0 aliphatic heterocycles. The first-order valence-electron chi connectivity index (χ1n) is 6.22. The highest BCUT2D eigenvalue weighted by atomic mass is 14.6. The predicted molar refractivity (Wildman–Crippen MR) is 65.3 cm³/mol. The van der Waals surface area contributed by atoms with Crippen molar-refractivity contribution in [2.24, 2.45) is 23.5 Å². The van der Waals surface area contributed by atoms with Crippen molar-refractivity contribution >= 4 is 0 Å². The van der Waals surface area contributed by atoms with Gasteiger partial charge in [0.2, 0.25) is 0 Å². The molecule has 14 heavy (non-hydrogen) atoms. The van der Waals surface area contributed by atoms with Crippen LogP contribution in [0.3, 0.4) is 0 Å². The van der Waals surface area contributed by atoms with E-state index in [4.69, 9.17) is 5.73 Å². The second-order valence-electron chi connectivity index (χ2n) is 5.40. The molecule has 3 atom stereocenters. The summed E-state index contributed by atoms with van der Waals surface area (Å²) in [6, 6.07) is 0.398. The van der Waals surface area contributed by atoms with Crippen LogP contribution in [0, 0.1) is 17.8 Å². The van der Waals surface area contributed by atoms with Crippen molar-refractivity contribution in [3.05, 3.63) is 0 Å². The minimum atomic E-state index is 0.398. The summed E-state index contributed by atoms with van der Waals surface area (Å²) in [5.74, 6) is 2.25. The second kappa shape index (κ2) is 7.28. The minimum Gasteiger partial charge on any atom is -0.327 e. The van der Waals surface area contributed by atoms with Crippen LogP contribution in [0.4, 0.5) is 0 Å². The maximum Gasteiger partial charge on any atom is 0.00670 e. The van der Waals surface area contributed by atoms with E-state index in [1.54, 1.807) is 0 Å². The van der Waals surface area contributed by atoms with Gasteiger partial charge < -0.3 is 5.73 Å². The summed E-state index contributed by atoms with van der Waals surface area (Å²) in [6.07, 6.45) is 5.10. The summed E-state index contributed by atoms with van der Waals surface area (Å²) in [5, 5.41) is 0. The molecule has 0 saturated heterocycles. The van der Waals surface area contributed by atoms with Gasteiger partial charge in [0, 0.05) is 6.04 Å². The van der Waals surface area contributed by atoms with Crippen LogP contribution in [0.25, 0.3) is 0 Å². The molecule has 0 spiro atoms. The lowest BCUT2D eigenvalue weighted by Crippen LogP contribution is -2.30. The van der Waals surface area contributed by atoms with Crippen molar-refractivity contribution in [3.8, 4) is 0 Å². The molecule has 0 aromatic rings. The predicted octanol–water partition coefficient (Wildman–Crippen LogP) is 3.82. The van der Waals surface area contributed by atoms with Gasteiger partial charge in [-0.1, -0.05) is 47.5 Å². The molecule has 0 saturated carbocycles. The van der Waals surface area contributed by atoms with Crippen molar-refractivity contribution in [1.82, 2.24) is 0 Å². The zero-order valence-electron chi connectivity index (χ0n) is 10.7. The Kier molecular flexibility index (Phi) is 7.26. The zero-order chi connectivity index (χ0) is 11.1. The molecule has 0 aromatic heterocycles. The van der Waals surface area contributed by atoms with Crippen LogP contribution in [-0.4, -0.2) is 6.04 Å². The Balaban J connectivity index is 3.76. The maximum absolute atomic E-state index is 6.16. The molecule has 0 radical (unpaired) electrons. The fourth-order valence-electron chi connectivity index (χ4n) is 2.20. The smallest absolute Gasteiger partial charge is 0.00670 e. The third kappa shape index (κ3) is 6.42. The lowest BCUT2D eigenvalue weighted by molar-refractivity contribution is 0.314. The molecule has 1 unspecified atom stereocenters. The monoisotopic (exact) mass is 199 g/mol. The van der Waals surface area contributed by atoms with Gasteiger partial charge in [0.15, 0.2) is 0 Å². The molecule has 1 nitrogen and oxygen atoms in total. The van der Waals surface area contributed by atoms with E-state index < -0.39 is 0 Å². The number of rotatable bonds is 7. The first-order chi connectivity index (χ1) is 6.47. The van der Waals surface area contributed by atoms with E-state index in [-0.39, 0.29) is 0 Å². The van der Waals surface area contributed by atoms with E-state index >= 15 is 0 Å². The lowest BCUT2D eigenvalue weighted by Gasteiger charge is -2.24. The van der Waals surface area contributed by atoms with Crippen LogP contribution in [0.15, 0.2) is 0 Å². The third-order valence-electron chi connectivity index (χ3n) is 3.03. The Morgan fingerprint density at radius 2 is 1.57 bits per heavy atom. The van der Waals surface area contributed by atoms with Gasteiger partial charge in [0.05, 0.1) is 0 Å². The molecule has 0 fully saturated rings. The Morgan fingerprint density at radius 3 is 2.00 bits per heavy atom. The molecular weight excluding hydrogens is 170 g/mol. The van der Waals surface area contributed by atoms with Gasteiger partial charge in [-0.05, 0) is 30.6 Å². The quantitative estimate of drug-likeness (QED) is 0.662. The molecule has 0 bridgehead atoms. The van der Waals surface area contributed by atoms with Gasteiger partial charge in [0.25, 0.3) is 0 Å². The van der Waals surface area contributed by atoms with Crippen LogP contribution >= 0.6 is 0 Å². The van der Waals surface area contributed by atoms with Gasteiger partial charge in [0.1, 0.15) is 0 Å². The van der Waals surface area contributed by atoms with Crippen LogP contribution in [0.1, 0.15) is 60.3 Å². The summed E-state index contributed by atoms with van der Waals surface area (Å²) in [5.41, 5.74) is 6.16. The standard InChI is InChI=1S/C13H29N/c1-6-7-11(4)9-12(5)13(14)8-10(2)3/h10-13H,6-9,14H2,1-5H3/t11?,12-,13+/m1/s1. The van der Waals surface area contributed by atoms with Crippen molar-refractivity contribution in [2.75, 3.05) is 0 Å². The molecule has 0 rings (SSSR count). The summed E-state index contributed by atoms with van der Waals surface area (Å²) in [4.78, 5) is 0. The van der Waals surface area contributed by atoms with E-state index in [1.807, 2.05) is 0 Å². The Hall–Kier alpha value is -0.0400. The van der Waals surface area contributed by atoms with E-state index in [0.29, 0.717) is 12.0 Å². The van der Waals surface area contributed by atoms with Crippen molar-refractivity contribution in [3.63, 3.8) is 0 Å². The van der Waals surface area contributed by atoms with Gasteiger partial charge in [-0.3, -0.25) is 0 Å². The van der Waals surface area contributed by atoms with Crippen LogP contribution in [0.2, 0.25) is 0 Å². The zero-order valence-corrected chi connectivity index (χ0v) is 10.7. The van der Waals surface area contributed by atoms with Crippen molar-refractivity contribution < 1.29 is 0 Å². The summed E-state index contributed by atoms with van der Waals surface area (Å²) < 4.78 is 0. The first-order valence-corrected chi connectivity index (χ1v) is 6.22. The molecule has 0 aromatic carbocycles. The average molecular weight is 199 g/mol. The molecule has 2 N–H and O–H groups in total. The third-order valence-corrected chi connectivity index (χ3v) is 3.03. The van der Waals surface area contributed by atoms with Crippen molar-refractivity contribution in [2.45, 2.75) is 66.3 Å². The van der Waals surface area contributed by atoms with E-state index in [1.165, 1.54) is 25.7 Å². The lowest BCUT2D eigenvalue weighted by atomic mass is 9.86. The van der Waals surface area contributed by atoms with E-state index in [0.717, 1.165) is 11.8 Å². The van der Waals surface area contributed by atoms with Crippen LogP contribution in [0.5, 0.6) is 0 Å². The largest absolute Gasteiger partial charge is 0.327 e. The number of nitrogens with two attached hydrogens (primary N) is 1. The molecule has 0 aliphatic rings. The maximum atomic E-state index is 6.16. The van der Waals surface area contributed by atoms with Crippen LogP contribution in [-0.2, 0) is 0 Å². The van der Waals surface area contributed by atoms with Crippen LogP contribution < -0.4 is 5.73 Å². The number of hydrogen-bond acceptors (Lipinski definition) is 1. The Morgan fingerprint density at radius 1 is 1.00 bits per heavy atom. The highest BCUT2D eigenvalue weighted by Gasteiger charge is 2.16. The second-order valence-corrected chi connectivity index (χ2v) is 5.40. The van der Waals surface area contributed by atoms with Crippen molar-refractivity contribution in [1.29, 1.82) is 0 Å². The van der Waals surface area contributed by atoms with Gasteiger partial charge in [-0.15, -0.1) is 0 Å². The van der Waals surface area contributed by atoms with E-state index in [2.05, 4.69) is 34.6 Å². The fourth-order valence-corrected chi connectivity index (χ4v) is 2.20. The SMILES string of the molecule is CCCC(C)C[C@@H](C)[C@@H](N)CC(C)C. The summed E-state index contributed by atoms with van der Waals surface area (Å²) in [7, 11) is 0. The molecule has 0 aliphatic carbocycles. The molecular formula is C13H29N. The highest BCUT2D eigenvalue weighted by Crippen LogP contribution is 2.21. The molecule has 0 amide bonds.